The lowest BCUT2D eigenvalue weighted by atomic mass is 9.82. The number of carbonyl (C=O) groups excluding carboxylic acids is 2. The number of nitrogens with zero attached hydrogens (tertiary/aromatic N) is 3. The molecule has 1 aromatic rings. The average Bonchev–Trinajstić information content (AvgIpc) is 3.36. The lowest BCUT2D eigenvalue weighted by Gasteiger charge is -2.31. The molecule has 4 rings (SSSR count). The summed E-state index contributed by atoms with van der Waals surface area (Å²) in [6, 6.07) is 9.99. The van der Waals surface area contributed by atoms with Crippen molar-refractivity contribution < 1.29 is 9.59 Å². The van der Waals surface area contributed by atoms with Crippen LogP contribution in [0, 0.1) is 17.2 Å². The van der Waals surface area contributed by atoms with Crippen molar-refractivity contribution in [3.63, 3.8) is 0 Å². The van der Waals surface area contributed by atoms with E-state index in [1.165, 1.54) is 11.1 Å². The third-order valence-electron chi connectivity index (χ3n) is 6.08. The third-order valence-corrected chi connectivity index (χ3v) is 7.10. The van der Waals surface area contributed by atoms with Gasteiger partial charge in [0.1, 0.15) is 12.1 Å². The Morgan fingerprint density at radius 2 is 2.00 bits per heavy atom. The first-order valence-electron chi connectivity index (χ1n) is 9.81. The SMILES string of the molecule is N#C[C@@H]1CSCN1C(=O)[C@@H]1CCCN1C(=O)C[C@@H]1CCc2ccccc2C1. The summed E-state index contributed by atoms with van der Waals surface area (Å²) in [6.07, 6.45) is 5.13. The van der Waals surface area contributed by atoms with E-state index in [1.807, 2.05) is 0 Å². The van der Waals surface area contributed by atoms with E-state index in [1.54, 1.807) is 21.6 Å². The topological polar surface area (TPSA) is 64.4 Å². The zero-order chi connectivity index (χ0) is 18.8. The van der Waals surface area contributed by atoms with Crippen molar-refractivity contribution >= 4 is 23.6 Å². The zero-order valence-electron chi connectivity index (χ0n) is 15.5. The molecule has 0 saturated carbocycles. The van der Waals surface area contributed by atoms with Gasteiger partial charge in [-0.15, -0.1) is 11.8 Å². The standard InChI is InChI=1S/C21H25N3O2S/c22-12-18-13-27-14-24(18)21(26)19-6-3-9-23(19)20(25)11-15-7-8-16-4-1-2-5-17(16)10-15/h1-2,4-5,15,18-19H,3,6-11,13-14H2/t15-,18-,19+/m1/s1. The first-order chi connectivity index (χ1) is 13.2. The Balaban J connectivity index is 1.40. The molecular weight excluding hydrogens is 358 g/mol. The maximum absolute atomic E-state index is 13.0. The van der Waals surface area contributed by atoms with Crippen LogP contribution in [0.2, 0.25) is 0 Å². The minimum atomic E-state index is -0.372. The first-order valence-corrected chi connectivity index (χ1v) is 11.0. The molecule has 2 saturated heterocycles. The molecule has 0 aromatic heterocycles. The Hall–Kier alpha value is -2.00. The van der Waals surface area contributed by atoms with Crippen LogP contribution in [0.1, 0.15) is 36.8 Å². The number of amides is 2. The lowest BCUT2D eigenvalue weighted by molar-refractivity contribution is -0.144. The Morgan fingerprint density at radius 3 is 2.81 bits per heavy atom. The fourth-order valence-corrected chi connectivity index (χ4v) is 5.68. The van der Waals surface area contributed by atoms with E-state index in [9.17, 15) is 14.9 Å². The van der Waals surface area contributed by atoms with Gasteiger partial charge in [-0.1, -0.05) is 24.3 Å². The summed E-state index contributed by atoms with van der Waals surface area (Å²) in [6.45, 7) is 0.663. The van der Waals surface area contributed by atoms with E-state index in [4.69, 9.17) is 0 Å². The molecule has 0 bridgehead atoms. The van der Waals surface area contributed by atoms with E-state index in [2.05, 4.69) is 30.3 Å². The van der Waals surface area contributed by atoms with Gasteiger partial charge in [-0.25, -0.2) is 0 Å². The number of thioether (sulfide) groups is 1. The van der Waals surface area contributed by atoms with Crippen molar-refractivity contribution in [3.05, 3.63) is 35.4 Å². The maximum Gasteiger partial charge on any atom is 0.247 e. The number of likely N-dealkylation sites (tertiary alicyclic amines) is 1. The first kappa shape index (κ1) is 18.4. The van der Waals surface area contributed by atoms with E-state index in [0.717, 1.165) is 32.1 Å². The van der Waals surface area contributed by atoms with Gasteiger partial charge in [0, 0.05) is 18.7 Å². The molecule has 2 fully saturated rings. The van der Waals surface area contributed by atoms with Crippen LogP contribution in [0.25, 0.3) is 0 Å². The maximum atomic E-state index is 13.0. The number of nitriles is 1. The predicted octanol–water partition coefficient (Wildman–Crippen LogP) is 2.60. The summed E-state index contributed by atoms with van der Waals surface area (Å²) < 4.78 is 0. The van der Waals surface area contributed by atoms with Crippen molar-refractivity contribution in [2.24, 2.45) is 5.92 Å². The highest BCUT2D eigenvalue weighted by Crippen LogP contribution is 2.30. The third kappa shape index (κ3) is 3.70. The summed E-state index contributed by atoms with van der Waals surface area (Å²) >= 11 is 1.61. The van der Waals surface area contributed by atoms with E-state index in [-0.39, 0.29) is 23.9 Å². The second-order valence-electron chi connectivity index (χ2n) is 7.78. The largest absolute Gasteiger partial charge is 0.331 e. The van der Waals surface area contributed by atoms with E-state index >= 15 is 0 Å². The van der Waals surface area contributed by atoms with Gasteiger partial charge in [-0.3, -0.25) is 9.59 Å². The van der Waals surface area contributed by atoms with Crippen LogP contribution in [0.4, 0.5) is 0 Å². The molecule has 0 N–H and O–H groups in total. The van der Waals surface area contributed by atoms with Gasteiger partial charge in [0.15, 0.2) is 0 Å². The molecule has 6 heteroatoms. The fraction of sp³-hybridized carbons (Fsp3) is 0.571. The number of rotatable bonds is 3. The van der Waals surface area contributed by atoms with Gasteiger partial charge in [-0.05, 0) is 49.1 Å². The van der Waals surface area contributed by atoms with Crippen LogP contribution in [-0.2, 0) is 22.4 Å². The van der Waals surface area contributed by atoms with Crippen LogP contribution < -0.4 is 0 Å². The molecule has 0 spiro atoms. The quantitative estimate of drug-likeness (QED) is 0.805. The molecule has 0 radical (unpaired) electrons. The summed E-state index contributed by atoms with van der Waals surface area (Å²) in [5.41, 5.74) is 2.77. The Kier molecular flexibility index (Phi) is 5.40. The van der Waals surface area contributed by atoms with Crippen LogP contribution in [-0.4, -0.2) is 51.9 Å². The summed E-state index contributed by atoms with van der Waals surface area (Å²) in [4.78, 5) is 29.4. The predicted molar refractivity (Wildman–Crippen MR) is 105 cm³/mol. The normalized spacial score (nSPS) is 27.3. The van der Waals surface area contributed by atoms with Gasteiger partial charge in [-0.2, -0.15) is 5.26 Å². The number of carbonyl (C=O) groups is 2. The molecule has 0 unspecified atom stereocenters. The summed E-state index contributed by atoms with van der Waals surface area (Å²) in [7, 11) is 0. The minimum absolute atomic E-state index is 0.0358. The molecule has 3 atom stereocenters. The molecule has 142 valence electrons. The Labute approximate surface area is 164 Å². The number of fused-ring (bicyclic) bond motifs is 1. The summed E-state index contributed by atoms with van der Waals surface area (Å²) in [5, 5.41) is 9.26. The van der Waals surface area contributed by atoms with Crippen molar-refractivity contribution in [1.29, 1.82) is 5.26 Å². The van der Waals surface area contributed by atoms with Gasteiger partial charge in [0.2, 0.25) is 11.8 Å². The second kappa shape index (κ2) is 7.93. The number of hydrogen-bond donors (Lipinski definition) is 0. The minimum Gasteiger partial charge on any atom is -0.331 e. The van der Waals surface area contributed by atoms with Gasteiger partial charge in [0.25, 0.3) is 0 Å². The zero-order valence-corrected chi connectivity index (χ0v) is 16.3. The second-order valence-corrected chi connectivity index (χ2v) is 8.78. The van der Waals surface area contributed by atoms with Crippen molar-refractivity contribution in [2.75, 3.05) is 18.2 Å². The van der Waals surface area contributed by atoms with Crippen LogP contribution in [0.3, 0.4) is 0 Å². The van der Waals surface area contributed by atoms with E-state index < -0.39 is 0 Å². The van der Waals surface area contributed by atoms with Crippen molar-refractivity contribution in [3.8, 4) is 6.07 Å². The van der Waals surface area contributed by atoms with Crippen LogP contribution in [0.15, 0.2) is 24.3 Å². The van der Waals surface area contributed by atoms with E-state index in [0.29, 0.717) is 30.5 Å². The molecule has 2 heterocycles. The summed E-state index contributed by atoms with van der Waals surface area (Å²) in [5.74, 6) is 1.67. The Bertz CT molecular complexity index is 775. The number of aryl methyl sites for hydroxylation is 1. The van der Waals surface area contributed by atoms with Crippen LogP contribution >= 0.6 is 11.8 Å². The highest BCUT2D eigenvalue weighted by molar-refractivity contribution is 7.99. The molecule has 1 aromatic carbocycles. The molecular formula is C21H25N3O2S. The number of benzene rings is 1. The van der Waals surface area contributed by atoms with Gasteiger partial charge >= 0.3 is 0 Å². The van der Waals surface area contributed by atoms with Crippen molar-refractivity contribution in [1.82, 2.24) is 9.80 Å². The molecule has 2 aliphatic heterocycles. The molecule has 2 amide bonds. The molecule has 3 aliphatic rings. The highest BCUT2D eigenvalue weighted by atomic mass is 32.2. The molecule has 1 aliphatic carbocycles. The monoisotopic (exact) mass is 383 g/mol. The fourth-order valence-electron chi connectivity index (χ4n) is 4.59. The highest BCUT2D eigenvalue weighted by Gasteiger charge is 2.40. The molecule has 5 nitrogen and oxygen atoms in total. The lowest BCUT2D eigenvalue weighted by Crippen LogP contribution is -2.49. The number of hydrogen-bond acceptors (Lipinski definition) is 4. The molecule has 27 heavy (non-hydrogen) atoms. The average molecular weight is 384 g/mol. The van der Waals surface area contributed by atoms with Crippen LogP contribution in [0.5, 0.6) is 0 Å². The Morgan fingerprint density at radius 1 is 1.19 bits per heavy atom. The van der Waals surface area contributed by atoms with Gasteiger partial charge in [0.05, 0.1) is 11.9 Å². The van der Waals surface area contributed by atoms with Gasteiger partial charge < -0.3 is 9.80 Å². The van der Waals surface area contributed by atoms with Crippen molar-refractivity contribution in [2.45, 2.75) is 50.6 Å². The smallest absolute Gasteiger partial charge is 0.247 e.